The Hall–Kier alpha value is -2.63. The Kier molecular flexibility index (Phi) is 5.48. The second-order valence-corrected chi connectivity index (χ2v) is 6.10. The number of carbonyl (C=O) groups is 1. The highest BCUT2D eigenvalue weighted by Gasteiger charge is 2.27. The molecule has 0 aromatic carbocycles. The molecular formula is C19H24N4O2. The fourth-order valence-electron chi connectivity index (χ4n) is 3.25. The number of piperidine rings is 1. The van der Waals surface area contributed by atoms with E-state index in [1.807, 2.05) is 31.1 Å². The largest absolute Gasteiger partial charge is 0.477 e. The standard InChI is InChI=1S/C19H24N4O2/c1-3-25-18-16(7-4-9-22-18)19(24)23-11-5-6-15(13-23)14-8-10-21-17(12-14)20-2/h4,7-10,12,15H,3,5-6,11,13H2,1-2H3,(H,20,21)/t15-/m0/s1. The molecule has 6 heteroatoms. The second kappa shape index (κ2) is 7.96. The molecule has 132 valence electrons. The third kappa shape index (κ3) is 3.90. The van der Waals surface area contributed by atoms with Gasteiger partial charge < -0.3 is 15.0 Å². The molecule has 1 atom stereocenters. The van der Waals surface area contributed by atoms with Gasteiger partial charge in [0.1, 0.15) is 11.4 Å². The van der Waals surface area contributed by atoms with Gasteiger partial charge in [-0.25, -0.2) is 9.97 Å². The highest BCUT2D eigenvalue weighted by atomic mass is 16.5. The molecule has 1 aliphatic heterocycles. The maximum Gasteiger partial charge on any atom is 0.259 e. The van der Waals surface area contributed by atoms with Crippen molar-refractivity contribution < 1.29 is 9.53 Å². The summed E-state index contributed by atoms with van der Waals surface area (Å²) in [5.74, 6) is 1.58. The number of rotatable bonds is 5. The van der Waals surface area contributed by atoms with Crippen molar-refractivity contribution >= 4 is 11.7 Å². The third-order valence-corrected chi connectivity index (χ3v) is 4.50. The lowest BCUT2D eigenvalue weighted by molar-refractivity contribution is 0.0702. The fourth-order valence-corrected chi connectivity index (χ4v) is 3.25. The van der Waals surface area contributed by atoms with Crippen molar-refractivity contribution in [3.05, 3.63) is 47.8 Å². The SMILES string of the molecule is CCOc1ncccc1C(=O)N1CCC[C@H](c2ccnc(NC)c2)C1. The summed E-state index contributed by atoms with van der Waals surface area (Å²) >= 11 is 0. The van der Waals surface area contributed by atoms with E-state index in [0.29, 0.717) is 30.5 Å². The predicted molar refractivity (Wildman–Crippen MR) is 97.1 cm³/mol. The van der Waals surface area contributed by atoms with Gasteiger partial charge in [-0.15, -0.1) is 0 Å². The van der Waals surface area contributed by atoms with Crippen molar-refractivity contribution in [3.8, 4) is 5.88 Å². The van der Waals surface area contributed by atoms with Crippen molar-refractivity contribution in [2.45, 2.75) is 25.7 Å². The van der Waals surface area contributed by atoms with Gasteiger partial charge in [0.15, 0.2) is 0 Å². The van der Waals surface area contributed by atoms with E-state index in [9.17, 15) is 4.79 Å². The van der Waals surface area contributed by atoms with Crippen LogP contribution in [0.4, 0.5) is 5.82 Å². The Labute approximate surface area is 148 Å². The highest BCUT2D eigenvalue weighted by Crippen LogP contribution is 2.29. The molecule has 25 heavy (non-hydrogen) atoms. The van der Waals surface area contributed by atoms with Crippen LogP contribution >= 0.6 is 0 Å². The first-order valence-electron chi connectivity index (χ1n) is 8.73. The van der Waals surface area contributed by atoms with Gasteiger partial charge >= 0.3 is 0 Å². The third-order valence-electron chi connectivity index (χ3n) is 4.50. The molecule has 1 saturated heterocycles. The number of nitrogens with zero attached hydrogens (tertiary/aromatic N) is 3. The van der Waals surface area contributed by atoms with Crippen LogP contribution in [0.15, 0.2) is 36.7 Å². The van der Waals surface area contributed by atoms with E-state index < -0.39 is 0 Å². The van der Waals surface area contributed by atoms with Gasteiger partial charge in [-0.05, 0) is 49.6 Å². The number of hydrogen-bond donors (Lipinski definition) is 1. The summed E-state index contributed by atoms with van der Waals surface area (Å²) in [6.45, 7) is 3.85. The lowest BCUT2D eigenvalue weighted by atomic mass is 9.91. The molecule has 2 aromatic rings. The normalized spacial score (nSPS) is 17.2. The monoisotopic (exact) mass is 340 g/mol. The molecule has 0 unspecified atom stereocenters. The maximum atomic E-state index is 13.0. The minimum atomic E-state index is -0.0100. The molecule has 1 amide bonds. The van der Waals surface area contributed by atoms with Crippen LogP contribution in [-0.4, -0.2) is 47.5 Å². The molecule has 0 aliphatic carbocycles. The molecule has 0 spiro atoms. The van der Waals surface area contributed by atoms with Gasteiger partial charge in [0.2, 0.25) is 5.88 Å². The van der Waals surface area contributed by atoms with Crippen LogP contribution in [0.3, 0.4) is 0 Å². The number of hydrogen-bond acceptors (Lipinski definition) is 5. The zero-order chi connectivity index (χ0) is 17.6. The van der Waals surface area contributed by atoms with Crippen LogP contribution in [0, 0.1) is 0 Å². The van der Waals surface area contributed by atoms with Crippen LogP contribution in [0.1, 0.15) is 41.6 Å². The van der Waals surface area contributed by atoms with E-state index in [-0.39, 0.29) is 5.91 Å². The van der Waals surface area contributed by atoms with E-state index in [4.69, 9.17) is 4.74 Å². The average Bonchev–Trinajstić information content (AvgIpc) is 2.68. The minimum Gasteiger partial charge on any atom is -0.477 e. The summed E-state index contributed by atoms with van der Waals surface area (Å²) in [6.07, 6.45) is 5.52. The summed E-state index contributed by atoms with van der Waals surface area (Å²) in [6, 6.07) is 7.66. The van der Waals surface area contributed by atoms with E-state index in [1.165, 1.54) is 5.56 Å². The number of likely N-dealkylation sites (tertiary alicyclic amines) is 1. The Morgan fingerprint density at radius 1 is 1.36 bits per heavy atom. The molecule has 3 heterocycles. The fraction of sp³-hybridized carbons (Fsp3) is 0.421. The van der Waals surface area contributed by atoms with E-state index in [0.717, 1.165) is 25.2 Å². The van der Waals surface area contributed by atoms with E-state index in [2.05, 4.69) is 21.4 Å². The molecule has 0 radical (unpaired) electrons. The molecule has 1 aliphatic rings. The van der Waals surface area contributed by atoms with E-state index >= 15 is 0 Å². The van der Waals surface area contributed by atoms with E-state index in [1.54, 1.807) is 18.3 Å². The van der Waals surface area contributed by atoms with Crippen molar-refractivity contribution in [2.24, 2.45) is 0 Å². The smallest absolute Gasteiger partial charge is 0.259 e. The minimum absolute atomic E-state index is 0.0100. The Bertz CT molecular complexity index is 735. The highest BCUT2D eigenvalue weighted by molar-refractivity contribution is 5.96. The Balaban J connectivity index is 1.78. The van der Waals surface area contributed by atoms with Gasteiger partial charge in [0, 0.05) is 38.4 Å². The van der Waals surface area contributed by atoms with Gasteiger partial charge in [-0.2, -0.15) is 0 Å². The summed E-state index contributed by atoms with van der Waals surface area (Å²) in [5, 5.41) is 3.07. The van der Waals surface area contributed by atoms with Crippen molar-refractivity contribution in [1.82, 2.24) is 14.9 Å². The number of aromatic nitrogens is 2. The zero-order valence-electron chi connectivity index (χ0n) is 14.7. The Morgan fingerprint density at radius 2 is 2.24 bits per heavy atom. The summed E-state index contributed by atoms with van der Waals surface area (Å²) in [4.78, 5) is 23.4. The quantitative estimate of drug-likeness (QED) is 0.906. The van der Waals surface area contributed by atoms with Crippen molar-refractivity contribution in [2.75, 3.05) is 32.1 Å². The van der Waals surface area contributed by atoms with Gasteiger partial charge in [-0.3, -0.25) is 4.79 Å². The topological polar surface area (TPSA) is 67.3 Å². The number of ether oxygens (including phenoxy) is 1. The summed E-state index contributed by atoms with van der Waals surface area (Å²) in [5.41, 5.74) is 1.75. The zero-order valence-corrected chi connectivity index (χ0v) is 14.7. The maximum absolute atomic E-state index is 13.0. The second-order valence-electron chi connectivity index (χ2n) is 6.10. The molecule has 3 rings (SSSR count). The molecule has 0 saturated carbocycles. The van der Waals surface area contributed by atoms with Crippen molar-refractivity contribution in [3.63, 3.8) is 0 Å². The van der Waals surface area contributed by atoms with Crippen LogP contribution in [0.25, 0.3) is 0 Å². The predicted octanol–water partition coefficient (Wildman–Crippen LogP) is 2.94. The number of pyridine rings is 2. The summed E-state index contributed by atoms with van der Waals surface area (Å²) < 4.78 is 5.52. The molecule has 1 fully saturated rings. The molecule has 0 bridgehead atoms. The van der Waals surface area contributed by atoms with Crippen LogP contribution < -0.4 is 10.1 Å². The van der Waals surface area contributed by atoms with Crippen LogP contribution in [0.2, 0.25) is 0 Å². The first kappa shape index (κ1) is 17.2. The molecular weight excluding hydrogens is 316 g/mol. The molecule has 6 nitrogen and oxygen atoms in total. The Morgan fingerprint density at radius 3 is 3.04 bits per heavy atom. The number of amides is 1. The van der Waals surface area contributed by atoms with Gasteiger partial charge in [-0.1, -0.05) is 0 Å². The number of nitrogens with one attached hydrogen (secondary N) is 1. The average molecular weight is 340 g/mol. The van der Waals surface area contributed by atoms with Gasteiger partial charge in [0.25, 0.3) is 5.91 Å². The summed E-state index contributed by atoms with van der Waals surface area (Å²) in [7, 11) is 1.86. The molecule has 2 aromatic heterocycles. The number of anilines is 1. The first-order valence-corrected chi connectivity index (χ1v) is 8.73. The van der Waals surface area contributed by atoms with Gasteiger partial charge in [0.05, 0.1) is 6.61 Å². The first-order chi connectivity index (χ1) is 12.2. The molecule has 1 N–H and O–H groups in total. The lowest BCUT2D eigenvalue weighted by Crippen LogP contribution is -2.39. The van der Waals surface area contributed by atoms with Crippen LogP contribution in [0.5, 0.6) is 5.88 Å². The van der Waals surface area contributed by atoms with Crippen molar-refractivity contribution in [1.29, 1.82) is 0 Å². The van der Waals surface area contributed by atoms with Crippen LogP contribution in [-0.2, 0) is 0 Å². The lowest BCUT2D eigenvalue weighted by Gasteiger charge is -2.33. The number of carbonyl (C=O) groups excluding carboxylic acids is 1.